The fourth-order valence-electron chi connectivity index (χ4n) is 1.47. The summed E-state index contributed by atoms with van der Waals surface area (Å²) in [4.78, 5) is 3.85. The maximum Gasteiger partial charge on any atom is 0.210 e. The number of hydrogen-bond donors (Lipinski definition) is 2. The summed E-state index contributed by atoms with van der Waals surface area (Å²) in [6.07, 6.45) is 0. The van der Waals surface area contributed by atoms with Crippen molar-refractivity contribution >= 4 is 37.4 Å². The molecule has 0 fully saturated rings. The predicted octanol–water partition coefficient (Wildman–Crippen LogP) is 1.84. The van der Waals surface area contributed by atoms with Crippen molar-refractivity contribution in [1.82, 2.24) is 4.98 Å². The van der Waals surface area contributed by atoms with Crippen molar-refractivity contribution in [3.63, 3.8) is 0 Å². The first-order valence-corrected chi connectivity index (χ1v) is 7.21. The van der Waals surface area contributed by atoms with Crippen LogP contribution in [0, 0.1) is 0 Å². The third kappa shape index (κ3) is 2.32. The van der Waals surface area contributed by atoms with E-state index in [9.17, 15) is 8.42 Å². The molecule has 0 aliphatic rings. The van der Waals surface area contributed by atoms with E-state index in [0.717, 1.165) is 0 Å². The van der Waals surface area contributed by atoms with Gasteiger partial charge in [0.2, 0.25) is 9.84 Å². The topological polar surface area (TPSA) is 99.1 Å². The summed E-state index contributed by atoms with van der Waals surface area (Å²) in [6, 6.07) is 9.14. The highest BCUT2D eigenvalue weighted by Crippen LogP contribution is 2.26. The van der Waals surface area contributed by atoms with Crippen LogP contribution in [-0.4, -0.2) is 13.4 Å². The molecule has 7 heteroatoms. The van der Waals surface area contributed by atoms with Crippen molar-refractivity contribution in [1.29, 1.82) is 0 Å². The maximum atomic E-state index is 12.3. The number of pyridine rings is 1. The number of rotatable bonds is 2. The van der Waals surface area contributed by atoms with Crippen molar-refractivity contribution < 1.29 is 8.42 Å². The number of nitrogen functional groups attached to an aromatic ring is 2. The Hall–Kier alpha value is -1.60. The zero-order valence-corrected chi connectivity index (χ0v) is 11.6. The Balaban J connectivity index is 2.62. The van der Waals surface area contributed by atoms with E-state index < -0.39 is 9.84 Å². The molecule has 0 atom stereocenters. The molecule has 0 bridgehead atoms. The van der Waals surface area contributed by atoms with Crippen LogP contribution in [-0.2, 0) is 9.84 Å². The molecule has 5 nitrogen and oxygen atoms in total. The highest BCUT2D eigenvalue weighted by molar-refractivity contribution is 9.10. The number of nitrogens with zero attached hydrogens (tertiary/aromatic N) is 1. The molecule has 0 aliphatic carbocycles. The molecule has 2 rings (SSSR count). The molecule has 94 valence electrons. The zero-order chi connectivity index (χ0) is 13.3. The van der Waals surface area contributed by atoms with E-state index in [0.29, 0.717) is 4.47 Å². The lowest BCUT2D eigenvalue weighted by atomic mass is 10.4. The first-order chi connectivity index (χ1) is 8.41. The smallest absolute Gasteiger partial charge is 0.210 e. The van der Waals surface area contributed by atoms with E-state index >= 15 is 0 Å². The zero-order valence-electron chi connectivity index (χ0n) is 9.17. The molecule has 0 radical (unpaired) electrons. The van der Waals surface area contributed by atoms with Crippen molar-refractivity contribution in [2.45, 2.75) is 9.79 Å². The third-order valence-corrected chi connectivity index (χ3v) is 4.60. The summed E-state index contributed by atoms with van der Waals surface area (Å²) in [6.45, 7) is 0. The standard InChI is InChI=1S/C11H10BrN3O2S/c12-7-2-1-3-8(6-7)18(16,17)9-4-5-10(13)15-11(9)14/h1-6H,(H4,13,14,15). The van der Waals surface area contributed by atoms with Gasteiger partial charge in [-0.1, -0.05) is 22.0 Å². The quantitative estimate of drug-likeness (QED) is 0.876. The molecule has 0 aliphatic heterocycles. The van der Waals surface area contributed by atoms with Crippen LogP contribution < -0.4 is 11.5 Å². The molecular weight excluding hydrogens is 318 g/mol. The van der Waals surface area contributed by atoms with Gasteiger partial charge in [0.05, 0.1) is 4.90 Å². The summed E-state index contributed by atoms with van der Waals surface area (Å²) in [5.41, 5.74) is 11.0. The van der Waals surface area contributed by atoms with Gasteiger partial charge in [-0.25, -0.2) is 13.4 Å². The Morgan fingerprint density at radius 1 is 1.11 bits per heavy atom. The molecule has 0 saturated carbocycles. The van der Waals surface area contributed by atoms with Gasteiger partial charge in [-0.05, 0) is 30.3 Å². The minimum absolute atomic E-state index is 0.0465. The largest absolute Gasteiger partial charge is 0.384 e. The summed E-state index contributed by atoms with van der Waals surface area (Å²) in [5.74, 6) is 0.0793. The Labute approximate surface area is 113 Å². The highest BCUT2D eigenvalue weighted by atomic mass is 79.9. The first kappa shape index (κ1) is 12.8. The van der Waals surface area contributed by atoms with Crippen LogP contribution in [0.15, 0.2) is 50.7 Å². The maximum absolute atomic E-state index is 12.3. The number of anilines is 2. The molecule has 4 N–H and O–H groups in total. The first-order valence-electron chi connectivity index (χ1n) is 4.94. The lowest BCUT2D eigenvalue weighted by molar-refractivity contribution is 0.596. The molecule has 2 aromatic rings. The lowest BCUT2D eigenvalue weighted by Crippen LogP contribution is -2.08. The average molecular weight is 328 g/mol. The molecule has 1 heterocycles. The van der Waals surface area contributed by atoms with E-state index in [1.807, 2.05) is 0 Å². The van der Waals surface area contributed by atoms with Crippen molar-refractivity contribution in [2.75, 3.05) is 11.5 Å². The SMILES string of the molecule is Nc1ccc(S(=O)(=O)c2cccc(Br)c2)c(N)n1. The summed E-state index contributed by atoms with van der Waals surface area (Å²) >= 11 is 3.23. The lowest BCUT2D eigenvalue weighted by Gasteiger charge is -2.07. The van der Waals surface area contributed by atoms with Gasteiger partial charge in [-0.15, -0.1) is 0 Å². The second kappa shape index (κ2) is 4.58. The van der Waals surface area contributed by atoms with Crippen molar-refractivity contribution in [3.05, 3.63) is 40.9 Å². The van der Waals surface area contributed by atoms with Crippen molar-refractivity contribution in [3.8, 4) is 0 Å². The number of halogens is 1. The van der Waals surface area contributed by atoms with Crippen molar-refractivity contribution in [2.24, 2.45) is 0 Å². The molecule has 0 spiro atoms. The number of benzene rings is 1. The Morgan fingerprint density at radius 2 is 1.83 bits per heavy atom. The monoisotopic (exact) mass is 327 g/mol. The van der Waals surface area contributed by atoms with Crippen LogP contribution in [0.1, 0.15) is 0 Å². The van der Waals surface area contributed by atoms with E-state index in [1.54, 1.807) is 12.1 Å². The van der Waals surface area contributed by atoms with Crippen LogP contribution in [0.4, 0.5) is 11.6 Å². The predicted molar refractivity (Wildman–Crippen MR) is 72.7 cm³/mol. The van der Waals surface area contributed by atoms with Crippen LogP contribution in [0.5, 0.6) is 0 Å². The van der Waals surface area contributed by atoms with Gasteiger partial charge in [-0.2, -0.15) is 0 Å². The van der Waals surface area contributed by atoms with Gasteiger partial charge in [0.15, 0.2) is 0 Å². The molecule has 1 aromatic carbocycles. The fourth-order valence-corrected chi connectivity index (χ4v) is 3.38. The average Bonchev–Trinajstić information content (AvgIpc) is 2.28. The number of aromatic nitrogens is 1. The summed E-state index contributed by atoms with van der Waals surface area (Å²) < 4.78 is 25.3. The van der Waals surface area contributed by atoms with Crippen LogP contribution >= 0.6 is 15.9 Å². The van der Waals surface area contributed by atoms with Gasteiger partial charge in [0.1, 0.15) is 16.5 Å². The molecule has 0 unspecified atom stereocenters. The fraction of sp³-hybridized carbons (Fsp3) is 0. The van der Waals surface area contributed by atoms with Gasteiger partial charge < -0.3 is 11.5 Å². The van der Waals surface area contributed by atoms with Gasteiger partial charge in [0.25, 0.3) is 0 Å². The van der Waals surface area contributed by atoms with Crippen LogP contribution in [0.2, 0.25) is 0 Å². The van der Waals surface area contributed by atoms with Gasteiger partial charge >= 0.3 is 0 Å². The molecule has 0 amide bonds. The molecule has 0 saturated heterocycles. The Kier molecular flexibility index (Phi) is 3.27. The van der Waals surface area contributed by atoms with E-state index in [4.69, 9.17) is 11.5 Å². The second-order valence-corrected chi connectivity index (χ2v) is 6.41. The minimum atomic E-state index is -3.68. The Morgan fingerprint density at radius 3 is 2.44 bits per heavy atom. The number of nitrogens with two attached hydrogens (primary N) is 2. The second-order valence-electron chi connectivity index (χ2n) is 3.58. The van der Waals surface area contributed by atoms with Gasteiger partial charge in [-0.3, -0.25) is 0 Å². The number of hydrogen-bond acceptors (Lipinski definition) is 5. The van der Waals surface area contributed by atoms with Gasteiger partial charge in [0, 0.05) is 4.47 Å². The van der Waals surface area contributed by atoms with Crippen LogP contribution in [0.3, 0.4) is 0 Å². The third-order valence-electron chi connectivity index (χ3n) is 2.30. The van der Waals surface area contributed by atoms with E-state index in [-0.39, 0.29) is 21.4 Å². The normalized spacial score (nSPS) is 11.4. The molecule has 1 aromatic heterocycles. The van der Waals surface area contributed by atoms with Crippen LogP contribution in [0.25, 0.3) is 0 Å². The minimum Gasteiger partial charge on any atom is -0.384 e. The Bertz CT molecular complexity index is 701. The highest BCUT2D eigenvalue weighted by Gasteiger charge is 2.21. The molecular formula is C11H10BrN3O2S. The van der Waals surface area contributed by atoms with E-state index in [1.165, 1.54) is 24.3 Å². The molecule has 18 heavy (non-hydrogen) atoms. The summed E-state index contributed by atoms with van der Waals surface area (Å²) in [5, 5.41) is 0. The number of sulfone groups is 1. The summed E-state index contributed by atoms with van der Waals surface area (Å²) in [7, 11) is -3.68. The van der Waals surface area contributed by atoms with E-state index in [2.05, 4.69) is 20.9 Å².